The number of ether oxygens (including phenoxy) is 1. The monoisotopic (exact) mass is 307 g/mol. The fourth-order valence-electron chi connectivity index (χ4n) is 1.36. The standard InChI is InChI=1S/C11H12BrF2NO2/c1-3-17-9(16)5-7-4-8(11(13)14)15-6(2)10(7)12/h4,11H,3,5H2,1-2H3. The summed E-state index contributed by atoms with van der Waals surface area (Å²) in [7, 11) is 0. The first-order chi connectivity index (χ1) is 7.95. The number of halogens is 3. The van der Waals surface area contributed by atoms with Crippen molar-refractivity contribution in [3.05, 3.63) is 27.5 Å². The van der Waals surface area contributed by atoms with Crippen molar-refractivity contribution in [1.29, 1.82) is 0 Å². The molecule has 0 amide bonds. The van der Waals surface area contributed by atoms with E-state index in [4.69, 9.17) is 4.74 Å². The minimum atomic E-state index is -2.65. The minimum Gasteiger partial charge on any atom is -0.466 e. The molecule has 0 spiro atoms. The van der Waals surface area contributed by atoms with Gasteiger partial charge in [-0.2, -0.15) is 0 Å². The molecule has 0 aliphatic rings. The van der Waals surface area contributed by atoms with Crippen molar-refractivity contribution in [3.63, 3.8) is 0 Å². The number of aromatic nitrogens is 1. The van der Waals surface area contributed by atoms with Gasteiger partial charge in [-0.25, -0.2) is 8.78 Å². The van der Waals surface area contributed by atoms with E-state index in [0.29, 0.717) is 15.7 Å². The molecule has 94 valence electrons. The zero-order chi connectivity index (χ0) is 13.0. The van der Waals surface area contributed by atoms with Crippen molar-refractivity contribution in [2.24, 2.45) is 0 Å². The quantitative estimate of drug-likeness (QED) is 0.802. The number of hydrogen-bond acceptors (Lipinski definition) is 3. The molecule has 0 aliphatic heterocycles. The normalized spacial score (nSPS) is 10.7. The van der Waals surface area contributed by atoms with Gasteiger partial charge in [0.15, 0.2) is 0 Å². The van der Waals surface area contributed by atoms with Gasteiger partial charge in [0, 0.05) is 4.47 Å². The van der Waals surface area contributed by atoms with Crippen LogP contribution in [0.25, 0.3) is 0 Å². The Morgan fingerprint density at radius 2 is 2.24 bits per heavy atom. The lowest BCUT2D eigenvalue weighted by Gasteiger charge is -2.09. The van der Waals surface area contributed by atoms with E-state index in [-0.39, 0.29) is 18.7 Å². The van der Waals surface area contributed by atoms with E-state index in [0.717, 1.165) is 0 Å². The fraction of sp³-hybridized carbons (Fsp3) is 0.455. The highest BCUT2D eigenvalue weighted by molar-refractivity contribution is 9.10. The number of carbonyl (C=O) groups excluding carboxylic acids is 1. The number of carbonyl (C=O) groups is 1. The molecule has 1 heterocycles. The first-order valence-corrected chi connectivity index (χ1v) is 5.84. The zero-order valence-electron chi connectivity index (χ0n) is 9.47. The number of esters is 1. The first-order valence-electron chi connectivity index (χ1n) is 5.05. The molecule has 0 saturated heterocycles. The van der Waals surface area contributed by atoms with Crippen molar-refractivity contribution in [2.45, 2.75) is 26.7 Å². The average Bonchev–Trinajstić information content (AvgIpc) is 2.24. The van der Waals surface area contributed by atoms with E-state index in [1.807, 2.05) is 0 Å². The van der Waals surface area contributed by atoms with Gasteiger partial charge in [-0.3, -0.25) is 9.78 Å². The summed E-state index contributed by atoms with van der Waals surface area (Å²) in [5.41, 5.74) is 0.568. The summed E-state index contributed by atoms with van der Waals surface area (Å²) in [6.07, 6.45) is -2.69. The summed E-state index contributed by atoms with van der Waals surface area (Å²) in [4.78, 5) is 15.0. The van der Waals surface area contributed by atoms with Crippen LogP contribution in [0.3, 0.4) is 0 Å². The molecule has 0 unspecified atom stereocenters. The maximum absolute atomic E-state index is 12.6. The highest BCUT2D eigenvalue weighted by Gasteiger charge is 2.16. The Morgan fingerprint density at radius 1 is 1.59 bits per heavy atom. The number of hydrogen-bond donors (Lipinski definition) is 0. The van der Waals surface area contributed by atoms with Crippen molar-refractivity contribution < 1.29 is 18.3 Å². The summed E-state index contributed by atoms with van der Waals surface area (Å²) in [6.45, 7) is 3.56. The lowest BCUT2D eigenvalue weighted by molar-refractivity contribution is -0.142. The van der Waals surface area contributed by atoms with Crippen LogP contribution in [0.1, 0.15) is 30.3 Å². The summed E-state index contributed by atoms with van der Waals surface area (Å²) in [6, 6.07) is 1.22. The van der Waals surface area contributed by atoms with Gasteiger partial charge in [-0.05, 0) is 41.4 Å². The van der Waals surface area contributed by atoms with Crippen molar-refractivity contribution in [1.82, 2.24) is 4.98 Å². The van der Waals surface area contributed by atoms with Gasteiger partial charge >= 0.3 is 5.97 Å². The van der Waals surface area contributed by atoms with E-state index >= 15 is 0 Å². The summed E-state index contributed by atoms with van der Waals surface area (Å²) in [5, 5.41) is 0. The number of rotatable bonds is 4. The SMILES string of the molecule is CCOC(=O)Cc1cc(C(F)F)nc(C)c1Br. The second-order valence-corrected chi connectivity index (χ2v) is 4.18. The van der Waals surface area contributed by atoms with Crippen molar-refractivity contribution in [3.8, 4) is 0 Å². The minimum absolute atomic E-state index is 0.0441. The zero-order valence-corrected chi connectivity index (χ0v) is 11.1. The van der Waals surface area contributed by atoms with Gasteiger partial charge in [0.25, 0.3) is 6.43 Å². The summed E-state index contributed by atoms with van der Waals surface area (Å²) >= 11 is 3.23. The van der Waals surface area contributed by atoms with Crippen LogP contribution in [0.5, 0.6) is 0 Å². The lowest BCUT2D eigenvalue weighted by atomic mass is 10.1. The van der Waals surface area contributed by atoms with E-state index in [9.17, 15) is 13.6 Å². The van der Waals surface area contributed by atoms with Crippen LogP contribution in [-0.2, 0) is 16.0 Å². The van der Waals surface area contributed by atoms with Crippen LogP contribution in [0.15, 0.2) is 10.5 Å². The predicted molar refractivity (Wildman–Crippen MR) is 62.0 cm³/mol. The third kappa shape index (κ3) is 3.73. The number of pyridine rings is 1. The smallest absolute Gasteiger partial charge is 0.310 e. The number of alkyl halides is 2. The Kier molecular flexibility index (Phi) is 4.99. The van der Waals surface area contributed by atoms with Crippen LogP contribution in [0, 0.1) is 6.92 Å². The first kappa shape index (κ1) is 14.0. The molecular formula is C11H12BrF2NO2. The van der Waals surface area contributed by atoms with Gasteiger partial charge < -0.3 is 4.74 Å². The predicted octanol–water partition coefficient (Wildman–Crippen LogP) is 3.20. The summed E-state index contributed by atoms with van der Waals surface area (Å²) in [5.74, 6) is -0.445. The number of aryl methyl sites for hydroxylation is 1. The van der Waals surface area contributed by atoms with Gasteiger partial charge in [0.05, 0.1) is 18.7 Å². The molecule has 1 aromatic heterocycles. The molecule has 6 heteroatoms. The molecule has 0 aliphatic carbocycles. The average molecular weight is 308 g/mol. The Balaban J connectivity index is 3.01. The Morgan fingerprint density at radius 3 is 2.76 bits per heavy atom. The van der Waals surface area contributed by atoms with Crippen LogP contribution in [0.2, 0.25) is 0 Å². The molecule has 0 radical (unpaired) electrons. The molecule has 0 atom stereocenters. The van der Waals surface area contributed by atoms with Crippen LogP contribution >= 0.6 is 15.9 Å². The fourth-order valence-corrected chi connectivity index (χ4v) is 1.70. The van der Waals surface area contributed by atoms with E-state index in [1.54, 1.807) is 13.8 Å². The van der Waals surface area contributed by atoms with Gasteiger partial charge in [0.2, 0.25) is 0 Å². The molecule has 1 rings (SSSR count). The largest absolute Gasteiger partial charge is 0.466 e. The van der Waals surface area contributed by atoms with Gasteiger partial charge in [-0.15, -0.1) is 0 Å². The Labute approximate surface area is 106 Å². The van der Waals surface area contributed by atoms with Gasteiger partial charge in [0.1, 0.15) is 5.69 Å². The maximum Gasteiger partial charge on any atom is 0.310 e. The van der Waals surface area contributed by atoms with E-state index < -0.39 is 12.4 Å². The number of nitrogens with zero attached hydrogens (tertiary/aromatic N) is 1. The van der Waals surface area contributed by atoms with Crippen LogP contribution < -0.4 is 0 Å². The third-order valence-electron chi connectivity index (χ3n) is 2.08. The Hall–Kier alpha value is -1.04. The molecule has 3 nitrogen and oxygen atoms in total. The third-order valence-corrected chi connectivity index (χ3v) is 3.17. The molecule has 0 fully saturated rings. The second kappa shape index (κ2) is 6.05. The highest BCUT2D eigenvalue weighted by atomic mass is 79.9. The molecule has 1 aromatic rings. The topological polar surface area (TPSA) is 39.2 Å². The molecular weight excluding hydrogens is 296 g/mol. The van der Waals surface area contributed by atoms with Gasteiger partial charge in [-0.1, -0.05) is 0 Å². The Bertz CT molecular complexity index is 424. The van der Waals surface area contributed by atoms with Crippen molar-refractivity contribution in [2.75, 3.05) is 6.61 Å². The molecule has 0 aromatic carbocycles. The lowest BCUT2D eigenvalue weighted by Crippen LogP contribution is -2.09. The second-order valence-electron chi connectivity index (χ2n) is 3.39. The highest BCUT2D eigenvalue weighted by Crippen LogP contribution is 2.26. The van der Waals surface area contributed by atoms with Crippen LogP contribution in [0.4, 0.5) is 8.78 Å². The maximum atomic E-state index is 12.6. The van der Waals surface area contributed by atoms with E-state index in [1.165, 1.54) is 6.07 Å². The summed E-state index contributed by atoms with van der Waals surface area (Å²) < 4.78 is 30.4. The van der Waals surface area contributed by atoms with Crippen molar-refractivity contribution >= 4 is 21.9 Å². The van der Waals surface area contributed by atoms with Crippen LogP contribution in [-0.4, -0.2) is 17.6 Å². The molecule has 17 heavy (non-hydrogen) atoms. The van der Waals surface area contributed by atoms with E-state index in [2.05, 4.69) is 20.9 Å². The molecule has 0 bridgehead atoms. The molecule has 0 N–H and O–H groups in total. The molecule has 0 saturated carbocycles.